The quantitative estimate of drug-likeness (QED) is 0.788. The van der Waals surface area contributed by atoms with Crippen LogP contribution >= 0.6 is 0 Å². The second-order valence-corrected chi connectivity index (χ2v) is 5.25. The molecule has 1 aromatic carbocycles. The Balaban J connectivity index is 1.87. The number of nitrogens with zero attached hydrogens (tertiary/aromatic N) is 1. The molecular weight excluding hydrogens is 282 g/mol. The molecule has 0 aromatic heterocycles. The van der Waals surface area contributed by atoms with E-state index in [1.165, 1.54) is 0 Å². The van der Waals surface area contributed by atoms with Crippen LogP contribution in [0.3, 0.4) is 0 Å². The van der Waals surface area contributed by atoms with E-state index in [-0.39, 0.29) is 12.1 Å². The average molecular weight is 307 g/mol. The third kappa shape index (κ3) is 4.89. The standard InChI is InChI=1S/C16H25N3O3/c1-3-21-9-10-22-15-6-4-5-14(11-15)18-16(20)19-8-7-17-12-13(19)2/h4-6,11,13,17H,3,7-10,12H2,1-2H3,(H,18,20)/t13-/m1/s1. The highest BCUT2D eigenvalue weighted by Gasteiger charge is 2.22. The van der Waals surface area contributed by atoms with Crippen LogP contribution < -0.4 is 15.4 Å². The maximum atomic E-state index is 12.3. The maximum Gasteiger partial charge on any atom is 0.322 e. The van der Waals surface area contributed by atoms with Crippen molar-refractivity contribution in [1.82, 2.24) is 10.2 Å². The van der Waals surface area contributed by atoms with Gasteiger partial charge in [0.15, 0.2) is 0 Å². The second-order valence-electron chi connectivity index (χ2n) is 5.25. The number of hydrogen-bond donors (Lipinski definition) is 2. The average Bonchev–Trinajstić information content (AvgIpc) is 2.52. The van der Waals surface area contributed by atoms with Crippen molar-refractivity contribution in [2.45, 2.75) is 19.9 Å². The lowest BCUT2D eigenvalue weighted by molar-refractivity contribution is 0.110. The molecule has 22 heavy (non-hydrogen) atoms. The van der Waals surface area contributed by atoms with Gasteiger partial charge in [0.05, 0.1) is 6.61 Å². The molecule has 6 nitrogen and oxygen atoms in total. The SMILES string of the molecule is CCOCCOc1cccc(NC(=O)N2CCNC[C@H]2C)c1. The van der Waals surface area contributed by atoms with Crippen molar-refractivity contribution in [3.05, 3.63) is 24.3 Å². The van der Waals surface area contributed by atoms with E-state index in [0.717, 1.165) is 31.1 Å². The van der Waals surface area contributed by atoms with Crippen LogP contribution in [-0.4, -0.2) is 56.4 Å². The van der Waals surface area contributed by atoms with Crippen molar-refractivity contribution in [3.63, 3.8) is 0 Å². The van der Waals surface area contributed by atoms with Gasteiger partial charge in [-0.15, -0.1) is 0 Å². The van der Waals surface area contributed by atoms with Gasteiger partial charge in [-0.2, -0.15) is 0 Å². The van der Waals surface area contributed by atoms with Gasteiger partial charge in [-0.3, -0.25) is 0 Å². The summed E-state index contributed by atoms with van der Waals surface area (Å²) < 4.78 is 10.8. The lowest BCUT2D eigenvalue weighted by Gasteiger charge is -2.33. The first-order valence-electron chi connectivity index (χ1n) is 7.79. The third-order valence-electron chi connectivity index (χ3n) is 3.55. The number of hydrogen-bond acceptors (Lipinski definition) is 4. The minimum Gasteiger partial charge on any atom is -0.491 e. The van der Waals surface area contributed by atoms with Crippen LogP contribution in [0.1, 0.15) is 13.8 Å². The van der Waals surface area contributed by atoms with Gasteiger partial charge in [0.1, 0.15) is 12.4 Å². The number of piperazine rings is 1. The molecular formula is C16H25N3O3. The molecule has 0 unspecified atom stereocenters. The first-order valence-corrected chi connectivity index (χ1v) is 7.79. The highest BCUT2D eigenvalue weighted by atomic mass is 16.5. The molecule has 1 aromatic rings. The Morgan fingerprint density at radius 3 is 3.09 bits per heavy atom. The number of benzene rings is 1. The molecule has 0 radical (unpaired) electrons. The summed E-state index contributed by atoms with van der Waals surface area (Å²) in [4.78, 5) is 14.2. The van der Waals surface area contributed by atoms with Gasteiger partial charge in [-0.25, -0.2) is 4.79 Å². The number of nitrogens with one attached hydrogen (secondary N) is 2. The van der Waals surface area contributed by atoms with E-state index in [9.17, 15) is 4.79 Å². The molecule has 2 amide bonds. The Kier molecular flexibility index (Phi) is 6.48. The topological polar surface area (TPSA) is 62.8 Å². The number of anilines is 1. The summed E-state index contributed by atoms with van der Waals surface area (Å²) in [7, 11) is 0. The minimum atomic E-state index is -0.0690. The molecule has 1 aliphatic rings. The number of carbonyl (C=O) groups is 1. The molecule has 0 bridgehead atoms. The van der Waals surface area contributed by atoms with E-state index < -0.39 is 0 Å². The largest absolute Gasteiger partial charge is 0.491 e. The summed E-state index contributed by atoms with van der Waals surface area (Å²) >= 11 is 0. The molecule has 6 heteroatoms. The van der Waals surface area contributed by atoms with Crippen molar-refractivity contribution in [1.29, 1.82) is 0 Å². The zero-order valence-electron chi connectivity index (χ0n) is 13.3. The Morgan fingerprint density at radius 1 is 1.45 bits per heavy atom. The van der Waals surface area contributed by atoms with Gasteiger partial charge in [-0.05, 0) is 26.0 Å². The van der Waals surface area contributed by atoms with Gasteiger partial charge in [0.25, 0.3) is 0 Å². The molecule has 2 N–H and O–H groups in total. The zero-order chi connectivity index (χ0) is 15.8. The number of ether oxygens (including phenoxy) is 2. The summed E-state index contributed by atoms with van der Waals surface area (Å²) in [5.74, 6) is 0.728. The molecule has 122 valence electrons. The van der Waals surface area contributed by atoms with E-state index in [1.54, 1.807) is 0 Å². The minimum absolute atomic E-state index is 0.0690. The predicted octanol–water partition coefficient (Wildman–Crippen LogP) is 1.93. The van der Waals surface area contributed by atoms with Gasteiger partial charge < -0.3 is 25.0 Å². The fraction of sp³-hybridized carbons (Fsp3) is 0.562. The Morgan fingerprint density at radius 2 is 2.32 bits per heavy atom. The van der Waals surface area contributed by atoms with E-state index in [1.807, 2.05) is 43.0 Å². The number of urea groups is 1. The Bertz CT molecular complexity index is 481. The van der Waals surface area contributed by atoms with Gasteiger partial charge >= 0.3 is 6.03 Å². The highest BCUT2D eigenvalue weighted by molar-refractivity contribution is 5.89. The van der Waals surface area contributed by atoms with E-state index in [4.69, 9.17) is 9.47 Å². The first-order chi connectivity index (χ1) is 10.7. The fourth-order valence-electron chi connectivity index (χ4n) is 2.36. The van der Waals surface area contributed by atoms with Crippen LogP contribution in [0.5, 0.6) is 5.75 Å². The highest BCUT2D eigenvalue weighted by Crippen LogP contribution is 2.18. The summed E-state index contributed by atoms with van der Waals surface area (Å²) in [6.07, 6.45) is 0. The third-order valence-corrected chi connectivity index (χ3v) is 3.55. The molecule has 0 saturated carbocycles. The smallest absolute Gasteiger partial charge is 0.322 e. The van der Waals surface area contributed by atoms with Crippen LogP contribution in [0.2, 0.25) is 0 Å². The number of amides is 2. The summed E-state index contributed by atoms with van der Waals surface area (Å²) in [6, 6.07) is 7.55. The van der Waals surface area contributed by atoms with Crippen LogP contribution in [0, 0.1) is 0 Å². The van der Waals surface area contributed by atoms with Crippen molar-refractivity contribution < 1.29 is 14.3 Å². The van der Waals surface area contributed by atoms with Crippen molar-refractivity contribution in [2.75, 3.05) is 44.8 Å². The molecule has 2 rings (SSSR count). The molecule has 1 aliphatic heterocycles. The molecule has 1 heterocycles. The zero-order valence-corrected chi connectivity index (χ0v) is 13.3. The summed E-state index contributed by atoms with van der Waals surface area (Å²) in [5, 5.41) is 6.20. The van der Waals surface area contributed by atoms with E-state index >= 15 is 0 Å². The molecule has 0 aliphatic carbocycles. The van der Waals surface area contributed by atoms with Crippen LogP contribution in [0.4, 0.5) is 10.5 Å². The Hall–Kier alpha value is -1.79. The second kappa shape index (κ2) is 8.60. The maximum absolute atomic E-state index is 12.3. The van der Waals surface area contributed by atoms with Gasteiger partial charge in [0, 0.05) is 44.0 Å². The predicted molar refractivity (Wildman–Crippen MR) is 86.5 cm³/mol. The molecule has 1 saturated heterocycles. The van der Waals surface area contributed by atoms with Crippen molar-refractivity contribution in [3.8, 4) is 5.75 Å². The van der Waals surface area contributed by atoms with E-state index in [0.29, 0.717) is 19.8 Å². The first kappa shape index (κ1) is 16.6. The fourth-order valence-corrected chi connectivity index (χ4v) is 2.36. The summed E-state index contributed by atoms with van der Waals surface area (Å²) in [5.41, 5.74) is 0.740. The number of carbonyl (C=O) groups excluding carboxylic acids is 1. The Labute approximate surface area is 131 Å². The van der Waals surface area contributed by atoms with Gasteiger partial charge in [-0.1, -0.05) is 6.07 Å². The molecule has 1 fully saturated rings. The van der Waals surface area contributed by atoms with Gasteiger partial charge in [0.2, 0.25) is 0 Å². The van der Waals surface area contributed by atoms with Crippen LogP contribution in [0.25, 0.3) is 0 Å². The van der Waals surface area contributed by atoms with Crippen LogP contribution in [0.15, 0.2) is 24.3 Å². The molecule has 0 spiro atoms. The monoisotopic (exact) mass is 307 g/mol. The lowest BCUT2D eigenvalue weighted by Crippen LogP contribution is -2.53. The summed E-state index contributed by atoms with van der Waals surface area (Å²) in [6.45, 7) is 8.12. The van der Waals surface area contributed by atoms with E-state index in [2.05, 4.69) is 10.6 Å². The normalized spacial score (nSPS) is 18.1. The molecule has 1 atom stereocenters. The number of rotatable bonds is 6. The van der Waals surface area contributed by atoms with Crippen LogP contribution in [-0.2, 0) is 4.74 Å². The lowest BCUT2D eigenvalue weighted by atomic mass is 10.2. The van der Waals surface area contributed by atoms with Crippen molar-refractivity contribution >= 4 is 11.7 Å². The van der Waals surface area contributed by atoms with Crippen molar-refractivity contribution in [2.24, 2.45) is 0 Å².